The molecule has 1 aliphatic heterocycles. The average molecular weight is 254 g/mol. The molecule has 1 rings (SSSR count). The van der Waals surface area contributed by atoms with E-state index in [1.165, 1.54) is 51.6 Å². The lowest BCUT2D eigenvalue weighted by molar-refractivity contribution is 0.0911. The molecule has 0 bridgehead atoms. The van der Waals surface area contributed by atoms with Crippen LogP contribution in [-0.4, -0.2) is 36.6 Å². The molecule has 0 aliphatic carbocycles. The first-order valence-electron chi connectivity index (χ1n) is 8.24. The zero-order valence-corrected chi connectivity index (χ0v) is 13.0. The van der Waals surface area contributed by atoms with Gasteiger partial charge in [-0.1, -0.05) is 40.5 Å². The molecule has 0 radical (unpaired) electrons. The maximum Gasteiger partial charge on any atom is 0.0246 e. The Kier molecular flexibility index (Phi) is 7.92. The fourth-order valence-electron chi connectivity index (χ4n) is 3.53. The SMILES string of the molecule is CCCC(NCC)C(CC)N1CCCC(CC)C1. The van der Waals surface area contributed by atoms with E-state index in [0.29, 0.717) is 6.04 Å². The van der Waals surface area contributed by atoms with Gasteiger partial charge in [-0.05, 0) is 44.7 Å². The van der Waals surface area contributed by atoms with Gasteiger partial charge in [-0.3, -0.25) is 4.90 Å². The monoisotopic (exact) mass is 254 g/mol. The summed E-state index contributed by atoms with van der Waals surface area (Å²) in [4.78, 5) is 2.78. The Morgan fingerprint density at radius 2 is 2.00 bits per heavy atom. The Bertz CT molecular complexity index is 199. The van der Waals surface area contributed by atoms with Crippen molar-refractivity contribution in [2.24, 2.45) is 5.92 Å². The maximum absolute atomic E-state index is 3.72. The third-order valence-electron chi connectivity index (χ3n) is 4.55. The summed E-state index contributed by atoms with van der Waals surface area (Å²) in [5.74, 6) is 0.941. The predicted molar refractivity (Wildman–Crippen MR) is 81.0 cm³/mol. The maximum atomic E-state index is 3.72. The van der Waals surface area contributed by atoms with E-state index >= 15 is 0 Å². The van der Waals surface area contributed by atoms with Gasteiger partial charge in [0.2, 0.25) is 0 Å². The number of likely N-dealkylation sites (tertiary alicyclic amines) is 1. The summed E-state index contributed by atoms with van der Waals surface area (Å²) in [5.41, 5.74) is 0. The fraction of sp³-hybridized carbons (Fsp3) is 1.00. The van der Waals surface area contributed by atoms with Crippen molar-refractivity contribution >= 4 is 0 Å². The van der Waals surface area contributed by atoms with Gasteiger partial charge in [0.05, 0.1) is 0 Å². The first-order valence-corrected chi connectivity index (χ1v) is 8.24. The van der Waals surface area contributed by atoms with Gasteiger partial charge < -0.3 is 5.32 Å². The molecule has 0 aromatic carbocycles. The van der Waals surface area contributed by atoms with Gasteiger partial charge in [0.25, 0.3) is 0 Å². The van der Waals surface area contributed by atoms with Crippen molar-refractivity contribution < 1.29 is 0 Å². The second-order valence-electron chi connectivity index (χ2n) is 5.84. The summed E-state index contributed by atoms with van der Waals surface area (Å²) in [6, 6.07) is 1.44. The molecular formula is C16H34N2. The van der Waals surface area contributed by atoms with Crippen molar-refractivity contribution in [3.8, 4) is 0 Å². The minimum absolute atomic E-state index is 0.695. The average Bonchev–Trinajstić information content (AvgIpc) is 2.40. The number of rotatable bonds is 8. The van der Waals surface area contributed by atoms with E-state index in [2.05, 4.69) is 37.9 Å². The van der Waals surface area contributed by atoms with Crippen molar-refractivity contribution in [1.29, 1.82) is 0 Å². The van der Waals surface area contributed by atoms with E-state index in [0.717, 1.165) is 18.5 Å². The van der Waals surface area contributed by atoms with Gasteiger partial charge in [-0.15, -0.1) is 0 Å². The molecule has 1 N–H and O–H groups in total. The molecule has 1 fully saturated rings. The summed E-state index contributed by atoms with van der Waals surface area (Å²) in [6.07, 6.45) is 8.10. The minimum Gasteiger partial charge on any atom is -0.313 e. The first-order chi connectivity index (χ1) is 8.76. The molecule has 3 atom stereocenters. The molecule has 2 heteroatoms. The standard InChI is InChI=1S/C16H34N2/c1-5-10-15(17-8-4)16(7-3)18-12-9-11-14(6-2)13-18/h14-17H,5-13H2,1-4H3. The highest BCUT2D eigenvalue weighted by Gasteiger charge is 2.28. The van der Waals surface area contributed by atoms with Gasteiger partial charge in [0.1, 0.15) is 0 Å². The van der Waals surface area contributed by atoms with Crippen LogP contribution >= 0.6 is 0 Å². The van der Waals surface area contributed by atoms with Crippen LogP contribution in [0.15, 0.2) is 0 Å². The van der Waals surface area contributed by atoms with Gasteiger partial charge in [0.15, 0.2) is 0 Å². The van der Waals surface area contributed by atoms with Crippen LogP contribution in [0.3, 0.4) is 0 Å². The molecule has 0 amide bonds. The predicted octanol–water partition coefficient (Wildman–Crippen LogP) is 3.67. The molecular weight excluding hydrogens is 220 g/mol. The molecule has 18 heavy (non-hydrogen) atoms. The number of hydrogen-bond acceptors (Lipinski definition) is 2. The minimum atomic E-state index is 0.695. The van der Waals surface area contributed by atoms with Crippen molar-refractivity contribution in [2.45, 2.75) is 78.3 Å². The Morgan fingerprint density at radius 1 is 1.22 bits per heavy atom. The Hall–Kier alpha value is -0.0800. The van der Waals surface area contributed by atoms with E-state index < -0.39 is 0 Å². The lowest BCUT2D eigenvalue weighted by atomic mass is 9.91. The van der Waals surface area contributed by atoms with Crippen LogP contribution in [0.5, 0.6) is 0 Å². The van der Waals surface area contributed by atoms with Crippen LogP contribution in [0.4, 0.5) is 0 Å². The van der Waals surface area contributed by atoms with E-state index in [1.54, 1.807) is 0 Å². The molecule has 2 nitrogen and oxygen atoms in total. The highest BCUT2D eigenvalue weighted by molar-refractivity contribution is 4.86. The van der Waals surface area contributed by atoms with Gasteiger partial charge in [-0.2, -0.15) is 0 Å². The van der Waals surface area contributed by atoms with Crippen LogP contribution in [0.2, 0.25) is 0 Å². The number of nitrogens with zero attached hydrogens (tertiary/aromatic N) is 1. The lowest BCUT2D eigenvalue weighted by Gasteiger charge is -2.41. The van der Waals surface area contributed by atoms with Crippen molar-refractivity contribution in [3.63, 3.8) is 0 Å². The lowest BCUT2D eigenvalue weighted by Crippen LogP contribution is -2.52. The molecule has 1 aliphatic rings. The molecule has 0 saturated carbocycles. The smallest absolute Gasteiger partial charge is 0.0246 e. The molecule has 0 aromatic heterocycles. The highest BCUT2D eigenvalue weighted by atomic mass is 15.2. The zero-order valence-electron chi connectivity index (χ0n) is 13.0. The summed E-state index contributed by atoms with van der Waals surface area (Å²) in [7, 11) is 0. The van der Waals surface area contributed by atoms with Crippen molar-refractivity contribution in [1.82, 2.24) is 10.2 Å². The topological polar surface area (TPSA) is 15.3 Å². The van der Waals surface area contributed by atoms with Crippen molar-refractivity contribution in [3.05, 3.63) is 0 Å². The second-order valence-corrected chi connectivity index (χ2v) is 5.84. The molecule has 0 spiro atoms. The quantitative estimate of drug-likeness (QED) is 0.711. The van der Waals surface area contributed by atoms with Gasteiger partial charge in [-0.25, -0.2) is 0 Å². The summed E-state index contributed by atoms with van der Waals surface area (Å²) in [6.45, 7) is 13.0. The normalized spacial score (nSPS) is 25.0. The third-order valence-corrected chi connectivity index (χ3v) is 4.55. The van der Waals surface area contributed by atoms with Gasteiger partial charge in [0, 0.05) is 18.6 Å². The summed E-state index contributed by atoms with van der Waals surface area (Å²) >= 11 is 0. The summed E-state index contributed by atoms with van der Waals surface area (Å²) < 4.78 is 0. The van der Waals surface area contributed by atoms with E-state index in [4.69, 9.17) is 0 Å². The van der Waals surface area contributed by atoms with E-state index in [9.17, 15) is 0 Å². The van der Waals surface area contributed by atoms with Crippen LogP contribution < -0.4 is 5.32 Å². The largest absolute Gasteiger partial charge is 0.313 e. The Balaban J connectivity index is 2.60. The summed E-state index contributed by atoms with van der Waals surface area (Å²) in [5, 5.41) is 3.72. The first kappa shape index (κ1) is 16.0. The molecule has 1 heterocycles. The zero-order chi connectivity index (χ0) is 13.4. The van der Waals surface area contributed by atoms with E-state index in [1.807, 2.05) is 0 Å². The second kappa shape index (κ2) is 8.92. The van der Waals surface area contributed by atoms with Crippen LogP contribution in [-0.2, 0) is 0 Å². The van der Waals surface area contributed by atoms with Crippen LogP contribution in [0.1, 0.15) is 66.2 Å². The van der Waals surface area contributed by atoms with Crippen molar-refractivity contribution in [2.75, 3.05) is 19.6 Å². The highest BCUT2D eigenvalue weighted by Crippen LogP contribution is 2.24. The number of likely N-dealkylation sites (N-methyl/N-ethyl adjacent to an activating group) is 1. The molecule has 1 saturated heterocycles. The Morgan fingerprint density at radius 3 is 2.56 bits per heavy atom. The molecule has 108 valence electrons. The number of piperidine rings is 1. The van der Waals surface area contributed by atoms with E-state index in [-0.39, 0.29) is 0 Å². The molecule has 3 unspecified atom stereocenters. The third kappa shape index (κ3) is 4.55. The Labute approximate surface area is 115 Å². The van der Waals surface area contributed by atoms with Crippen LogP contribution in [0.25, 0.3) is 0 Å². The fourth-order valence-corrected chi connectivity index (χ4v) is 3.53. The van der Waals surface area contributed by atoms with Gasteiger partial charge >= 0.3 is 0 Å². The number of nitrogens with one attached hydrogen (secondary N) is 1. The van der Waals surface area contributed by atoms with Crippen LogP contribution in [0, 0.1) is 5.92 Å². The number of hydrogen-bond donors (Lipinski definition) is 1. The molecule has 0 aromatic rings.